The molecule has 0 unspecified atom stereocenters. The Bertz CT molecular complexity index is 978. The number of pyridine rings is 1. The van der Waals surface area contributed by atoms with Crippen molar-refractivity contribution in [2.75, 3.05) is 13.2 Å². The molecule has 0 aliphatic rings. The highest BCUT2D eigenvalue weighted by molar-refractivity contribution is 5.79. The molecule has 1 aromatic carbocycles. The monoisotopic (exact) mass is 406 g/mol. The molecule has 0 spiro atoms. The summed E-state index contributed by atoms with van der Waals surface area (Å²) in [6.45, 7) is 10.6. The maximum Gasteiger partial charge on any atom is 0.191 e. The molecule has 2 heterocycles. The van der Waals surface area contributed by atoms with Crippen molar-refractivity contribution in [3.63, 3.8) is 0 Å². The number of para-hydroxylation sites is 1. The van der Waals surface area contributed by atoms with Crippen LogP contribution in [-0.4, -0.2) is 33.9 Å². The largest absolute Gasteiger partial charge is 0.494 e. The summed E-state index contributed by atoms with van der Waals surface area (Å²) in [5.74, 6) is 2.46. The Morgan fingerprint density at radius 2 is 1.93 bits per heavy atom. The number of aliphatic imine (C=N–C) groups is 1. The van der Waals surface area contributed by atoms with Gasteiger partial charge in [0.25, 0.3) is 0 Å². The molecule has 7 nitrogen and oxygen atoms in total. The highest BCUT2D eigenvalue weighted by Gasteiger charge is 2.06. The zero-order chi connectivity index (χ0) is 21.3. The van der Waals surface area contributed by atoms with E-state index in [0.29, 0.717) is 19.7 Å². The van der Waals surface area contributed by atoms with Gasteiger partial charge in [-0.05, 0) is 51.5 Å². The summed E-state index contributed by atoms with van der Waals surface area (Å²) in [4.78, 5) is 9.24. The molecule has 158 valence electrons. The molecule has 0 amide bonds. The molecule has 3 aromatic rings. The van der Waals surface area contributed by atoms with Crippen LogP contribution in [0.3, 0.4) is 0 Å². The molecule has 0 saturated carbocycles. The number of hydrogen-bond acceptors (Lipinski definition) is 4. The van der Waals surface area contributed by atoms with E-state index in [-0.39, 0.29) is 0 Å². The van der Waals surface area contributed by atoms with E-state index in [2.05, 4.69) is 38.7 Å². The average molecular weight is 407 g/mol. The molecule has 0 saturated heterocycles. The lowest BCUT2D eigenvalue weighted by molar-refractivity contribution is 0.336. The first-order valence-corrected chi connectivity index (χ1v) is 10.3. The number of aromatic nitrogens is 3. The number of nitrogens with zero attached hydrogens (tertiary/aromatic N) is 4. The standard InChI is InChI=1S/C23H30N6O/c1-5-24-23(27-16-20-9-7-8-10-21(20)30-6-2)26-15-19-11-12-22(25-14-19)29-18(4)13-17(3)28-29/h7-14H,5-6,15-16H2,1-4H3,(H2,24,26,27). The van der Waals surface area contributed by atoms with Crippen LogP contribution >= 0.6 is 0 Å². The molecule has 0 aliphatic carbocycles. The molecule has 2 N–H and O–H groups in total. The van der Waals surface area contributed by atoms with Crippen LogP contribution < -0.4 is 15.4 Å². The molecule has 0 bridgehead atoms. The first kappa shape index (κ1) is 21.4. The molecule has 2 aromatic heterocycles. The normalized spacial score (nSPS) is 11.4. The molecular weight excluding hydrogens is 376 g/mol. The summed E-state index contributed by atoms with van der Waals surface area (Å²) in [7, 11) is 0. The Balaban J connectivity index is 1.65. The zero-order valence-corrected chi connectivity index (χ0v) is 18.1. The summed E-state index contributed by atoms with van der Waals surface area (Å²) < 4.78 is 7.55. The van der Waals surface area contributed by atoms with Crippen LogP contribution in [0, 0.1) is 13.8 Å². The third kappa shape index (κ3) is 5.59. The molecule has 0 aliphatic heterocycles. The Kier molecular flexibility index (Phi) is 7.43. The van der Waals surface area contributed by atoms with Gasteiger partial charge < -0.3 is 15.4 Å². The van der Waals surface area contributed by atoms with Crippen LogP contribution in [0.25, 0.3) is 5.82 Å². The predicted molar refractivity (Wildman–Crippen MR) is 120 cm³/mol. The maximum absolute atomic E-state index is 5.70. The molecule has 30 heavy (non-hydrogen) atoms. The van der Waals surface area contributed by atoms with Gasteiger partial charge in [0.15, 0.2) is 11.8 Å². The van der Waals surface area contributed by atoms with Gasteiger partial charge in [-0.15, -0.1) is 0 Å². The van der Waals surface area contributed by atoms with Crippen molar-refractivity contribution in [1.82, 2.24) is 25.4 Å². The van der Waals surface area contributed by atoms with E-state index in [0.717, 1.165) is 46.6 Å². The SMILES string of the molecule is CCNC(=NCc1ccc(-n2nc(C)cc2C)nc1)NCc1ccccc1OCC. The molecule has 0 atom stereocenters. The van der Waals surface area contributed by atoms with Crippen molar-refractivity contribution in [2.45, 2.75) is 40.8 Å². The fourth-order valence-corrected chi connectivity index (χ4v) is 3.13. The van der Waals surface area contributed by atoms with E-state index in [1.54, 1.807) is 0 Å². The number of ether oxygens (including phenoxy) is 1. The fraction of sp³-hybridized carbons (Fsp3) is 0.348. The average Bonchev–Trinajstić information content (AvgIpc) is 3.09. The van der Waals surface area contributed by atoms with Crippen molar-refractivity contribution < 1.29 is 4.74 Å². The van der Waals surface area contributed by atoms with E-state index >= 15 is 0 Å². The molecular formula is C23H30N6O. The summed E-state index contributed by atoms with van der Waals surface area (Å²) >= 11 is 0. The van der Waals surface area contributed by atoms with E-state index in [4.69, 9.17) is 4.74 Å². The van der Waals surface area contributed by atoms with Gasteiger partial charge in [-0.3, -0.25) is 0 Å². The highest BCUT2D eigenvalue weighted by Crippen LogP contribution is 2.17. The minimum absolute atomic E-state index is 0.535. The van der Waals surface area contributed by atoms with Crippen molar-refractivity contribution in [2.24, 2.45) is 4.99 Å². The quantitative estimate of drug-likeness (QED) is 0.442. The van der Waals surface area contributed by atoms with E-state index in [9.17, 15) is 0 Å². The molecule has 0 radical (unpaired) electrons. The van der Waals surface area contributed by atoms with Gasteiger partial charge in [-0.2, -0.15) is 5.10 Å². The van der Waals surface area contributed by atoms with Crippen LogP contribution in [0.1, 0.15) is 36.4 Å². The zero-order valence-electron chi connectivity index (χ0n) is 18.1. The van der Waals surface area contributed by atoms with Crippen molar-refractivity contribution >= 4 is 5.96 Å². The van der Waals surface area contributed by atoms with Gasteiger partial charge in [-0.1, -0.05) is 24.3 Å². The fourth-order valence-electron chi connectivity index (χ4n) is 3.13. The second-order valence-electron chi connectivity index (χ2n) is 6.95. The summed E-state index contributed by atoms with van der Waals surface area (Å²) in [6.07, 6.45) is 1.85. The highest BCUT2D eigenvalue weighted by atomic mass is 16.5. The predicted octanol–water partition coefficient (Wildman–Crippen LogP) is 3.54. The number of aryl methyl sites for hydroxylation is 2. The van der Waals surface area contributed by atoms with Crippen LogP contribution in [0.15, 0.2) is 53.7 Å². The van der Waals surface area contributed by atoms with E-state index in [1.807, 2.05) is 68.0 Å². The van der Waals surface area contributed by atoms with Gasteiger partial charge in [-0.25, -0.2) is 14.7 Å². The lowest BCUT2D eigenvalue weighted by Gasteiger charge is -2.14. The second kappa shape index (κ2) is 10.4. The Hall–Kier alpha value is -3.35. The van der Waals surface area contributed by atoms with Crippen molar-refractivity contribution in [3.8, 4) is 11.6 Å². The number of benzene rings is 1. The third-order valence-electron chi connectivity index (χ3n) is 4.52. The van der Waals surface area contributed by atoms with Crippen LogP contribution in [0.4, 0.5) is 0 Å². The molecule has 3 rings (SSSR count). The number of hydrogen-bond donors (Lipinski definition) is 2. The van der Waals surface area contributed by atoms with Crippen molar-refractivity contribution in [1.29, 1.82) is 0 Å². The van der Waals surface area contributed by atoms with Crippen LogP contribution in [-0.2, 0) is 13.1 Å². The topological polar surface area (TPSA) is 76.4 Å². The maximum atomic E-state index is 5.70. The third-order valence-corrected chi connectivity index (χ3v) is 4.52. The molecule has 7 heteroatoms. The van der Waals surface area contributed by atoms with Crippen LogP contribution in [0.2, 0.25) is 0 Å². The van der Waals surface area contributed by atoms with E-state index in [1.165, 1.54) is 0 Å². The second-order valence-corrected chi connectivity index (χ2v) is 6.95. The minimum Gasteiger partial charge on any atom is -0.494 e. The Morgan fingerprint density at radius 1 is 1.10 bits per heavy atom. The van der Waals surface area contributed by atoms with Crippen LogP contribution in [0.5, 0.6) is 5.75 Å². The van der Waals surface area contributed by atoms with E-state index < -0.39 is 0 Å². The number of guanidine groups is 1. The number of rotatable bonds is 8. The van der Waals surface area contributed by atoms with Gasteiger partial charge in [0.05, 0.1) is 18.8 Å². The first-order chi connectivity index (χ1) is 14.6. The minimum atomic E-state index is 0.535. The molecule has 0 fully saturated rings. The summed E-state index contributed by atoms with van der Waals surface area (Å²) in [6, 6.07) is 14.1. The summed E-state index contributed by atoms with van der Waals surface area (Å²) in [5.41, 5.74) is 4.18. The smallest absolute Gasteiger partial charge is 0.191 e. The lowest BCUT2D eigenvalue weighted by Crippen LogP contribution is -2.36. The first-order valence-electron chi connectivity index (χ1n) is 10.3. The Morgan fingerprint density at radius 3 is 2.60 bits per heavy atom. The van der Waals surface area contributed by atoms with Gasteiger partial charge in [0.1, 0.15) is 5.75 Å². The van der Waals surface area contributed by atoms with Gasteiger partial charge in [0, 0.05) is 30.5 Å². The summed E-state index contributed by atoms with van der Waals surface area (Å²) in [5, 5.41) is 11.1. The number of nitrogens with one attached hydrogen (secondary N) is 2. The lowest BCUT2D eigenvalue weighted by atomic mass is 10.2. The Labute approximate surface area is 178 Å². The van der Waals surface area contributed by atoms with Gasteiger partial charge >= 0.3 is 0 Å². The van der Waals surface area contributed by atoms with Gasteiger partial charge in [0.2, 0.25) is 0 Å². The van der Waals surface area contributed by atoms with Crippen molar-refractivity contribution in [3.05, 3.63) is 71.2 Å².